The highest BCUT2D eigenvalue weighted by Gasteiger charge is 2.26. The SMILES string of the molecule is CC1CCN(c2nc(Cl)nc(N3CCCC3)n2)C(C)C1. The Bertz CT molecular complexity index is 475. The van der Waals surface area contributed by atoms with Crippen molar-refractivity contribution in [3.8, 4) is 0 Å². The molecule has 5 nitrogen and oxygen atoms in total. The number of piperidine rings is 1. The number of rotatable bonds is 2. The van der Waals surface area contributed by atoms with Crippen molar-refractivity contribution in [2.75, 3.05) is 29.4 Å². The maximum Gasteiger partial charge on any atom is 0.231 e. The van der Waals surface area contributed by atoms with Crippen molar-refractivity contribution in [3.63, 3.8) is 0 Å². The van der Waals surface area contributed by atoms with Crippen molar-refractivity contribution in [3.05, 3.63) is 5.28 Å². The number of halogens is 1. The van der Waals surface area contributed by atoms with Gasteiger partial charge in [-0.1, -0.05) is 6.92 Å². The molecule has 2 aliphatic rings. The maximum atomic E-state index is 6.11. The van der Waals surface area contributed by atoms with Crippen molar-refractivity contribution >= 4 is 23.5 Å². The molecule has 0 aliphatic carbocycles. The van der Waals surface area contributed by atoms with E-state index in [1.54, 1.807) is 0 Å². The topological polar surface area (TPSA) is 45.2 Å². The Morgan fingerprint density at radius 2 is 1.70 bits per heavy atom. The molecule has 110 valence electrons. The Kier molecular flexibility index (Phi) is 3.96. The van der Waals surface area contributed by atoms with Gasteiger partial charge in [-0.2, -0.15) is 15.0 Å². The van der Waals surface area contributed by atoms with Crippen LogP contribution in [0.4, 0.5) is 11.9 Å². The van der Waals surface area contributed by atoms with Crippen LogP contribution in [0.15, 0.2) is 0 Å². The van der Waals surface area contributed by atoms with Crippen molar-refractivity contribution < 1.29 is 0 Å². The molecule has 0 radical (unpaired) electrons. The van der Waals surface area contributed by atoms with E-state index in [0.29, 0.717) is 11.3 Å². The van der Waals surface area contributed by atoms with Gasteiger partial charge in [-0.25, -0.2) is 0 Å². The molecule has 0 spiro atoms. The Morgan fingerprint density at radius 1 is 1.00 bits per heavy atom. The molecule has 6 heteroatoms. The molecule has 1 aromatic rings. The molecule has 0 bridgehead atoms. The molecule has 0 aromatic carbocycles. The highest BCUT2D eigenvalue weighted by atomic mass is 35.5. The van der Waals surface area contributed by atoms with E-state index in [1.807, 2.05) is 0 Å². The van der Waals surface area contributed by atoms with E-state index in [-0.39, 0.29) is 0 Å². The minimum atomic E-state index is 0.308. The summed E-state index contributed by atoms with van der Waals surface area (Å²) in [7, 11) is 0. The lowest BCUT2D eigenvalue weighted by molar-refractivity contribution is 0.373. The Hall–Kier alpha value is -1.10. The molecule has 2 saturated heterocycles. The lowest BCUT2D eigenvalue weighted by Gasteiger charge is -2.36. The van der Waals surface area contributed by atoms with Crippen molar-refractivity contribution in [2.24, 2.45) is 5.92 Å². The number of hydrogen-bond donors (Lipinski definition) is 0. The first-order valence-corrected chi connectivity index (χ1v) is 7.94. The van der Waals surface area contributed by atoms with E-state index < -0.39 is 0 Å². The number of hydrogen-bond acceptors (Lipinski definition) is 5. The molecule has 0 saturated carbocycles. The highest BCUT2D eigenvalue weighted by Crippen LogP contribution is 2.27. The zero-order valence-electron chi connectivity index (χ0n) is 12.2. The van der Waals surface area contributed by atoms with Gasteiger partial charge in [-0.3, -0.25) is 0 Å². The van der Waals surface area contributed by atoms with Gasteiger partial charge in [0.1, 0.15) is 0 Å². The quantitative estimate of drug-likeness (QED) is 0.839. The molecule has 2 fully saturated rings. The third kappa shape index (κ3) is 2.82. The summed E-state index contributed by atoms with van der Waals surface area (Å²) in [6.45, 7) is 7.59. The molecule has 3 heterocycles. The van der Waals surface area contributed by atoms with E-state index in [0.717, 1.165) is 37.4 Å². The number of anilines is 2. The second-order valence-electron chi connectivity index (χ2n) is 6.07. The summed E-state index contributed by atoms with van der Waals surface area (Å²) in [6.07, 6.45) is 4.78. The van der Waals surface area contributed by atoms with Gasteiger partial charge in [0, 0.05) is 25.7 Å². The second-order valence-corrected chi connectivity index (χ2v) is 6.41. The molecular weight excluding hydrogens is 274 g/mol. The van der Waals surface area contributed by atoms with Crippen LogP contribution >= 0.6 is 11.6 Å². The van der Waals surface area contributed by atoms with Crippen LogP contribution in [0.2, 0.25) is 5.28 Å². The summed E-state index contributed by atoms with van der Waals surface area (Å²) < 4.78 is 0. The Morgan fingerprint density at radius 3 is 2.40 bits per heavy atom. The second kappa shape index (κ2) is 5.72. The fourth-order valence-corrected chi connectivity index (χ4v) is 3.37. The van der Waals surface area contributed by atoms with Crippen LogP contribution < -0.4 is 9.80 Å². The minimum absolute atomic E-state index is 0.308. The molecule has 1 aromatic heterocycles. The van der Waals surface area contributed by atoms with Gasteiger partial charge in [-0.05, 0) is 50.1 Å². The van der Waals surface area contributed by atoms with Crippen LogP contribution in [0, 0.1) is 5.92 Å². The molecule has 0 N–H and O–H groups in total. The summed E-state index contributed by atoms with van der Waals surface area (Å²) in [5.74, 6) is 2.26. The van der Waals surface area contributed by atoms with E-state index >= 15 is 0 Å². The molecule has 20 heavy (non-hydrogen) atoms. The van der Waals surface area contributed by atoms with Crippen LogP contribution in [-0.4, -0.2) is 40.6 Å². The molecule has 2 aliphatic heterocycles. The first-order chi connectivity index (χ1) is 9.63. The average molecular weight is 296 g/mol. The third-order valence-electron chi connectivity index (χ3n) is 4.37. The van der Waals surface area contributed by atoms with Crippen LogP contribution in [0.3, 0.4) is 0 Å². The van der Waals surface area contributed by atoms with E-state index in [4.69, 9.17) is 11.6 Å². The number of nitrogens with zero attached hydrogens (tertiary/aromatic N) is 5. The van der Waals surface area contributed by atoms with Crippen LogP contribution in [0.25, 0.3) is 0 Å². The van der Waals surface area contributed by atoms with Gasteiger partial charge >= 0.3 is 0 Å². The maximum absolute atomic E-state index is 6.11. The summed E-state index contributed by atoms with van der Waals surface area (Å²) in [4.78, 5) is 17.8. The number of aromatic nitrogens is 3. The predicted octanol–water partition coefficient (Wildman–Crippen LogP) is 2.75. The predicted molar refractivity (Wildman–Crippen MR) is 81.5 cm³/mol. The monoisotopic (exact) mass is 295 g/mol. The summed E-state index contributed by atoms with van der Waals surface area (Å²) in [5, 5.41) is 0.308. The molecule has 2 unspecified atom stereocenters. The van der Waals surface area contributed by atoms with Gasteiger partial charge in [0.25, 0.3) is 0 Å². The van der Waals surface area contributed by atoms with Gasteiger partial charge in [0.15, 0.2) is 0 Å². The lowest BCUT2D eigenvalue weighted by atomic mass is 9.94. The smallest absolute Gasteiger partial charge is 0.231 e. The molecular formula is C14H22ClN5. The Balaban J connectivity index is 1.85. The van der Waals surface area contributed by atoms with Crippen molar-refractivity contribution in [1.29, 1.82) is 0 Å². The zero-order chi connectivity index (χ0) is 14.1. The lowest BCUT2D eigenvalue weighted by Crippen LogP contribution is -2.41. The first-order valence-electron chi connectivity index (χ1n) is 7.56. The fraction of sp³-hybridized carbons (Fsp3) is 0.786. The summed E-state index contributed by atoms with van der Waals surface area (Å²) in [5.41, 5.74) is 0. The molecule has 2 atom stereocenters. The third-order valence-corrected chi connectivity index (χ3v) is 4.54. The normalized spacial score (nSPS) is 27.1. The van der Waals surface area contributed by atoms with E-state index in [1.165, 1.54) is 25.7 Å². The molecule has 3 rings (SSSR count). The molecule has 0 amide bonds. The first kappa shape index (κ1) is 13.9. The van der Waals surface area contributed by atoms with Gasteiger partial charge in [-0.15, -0.1) is 0 Å². The fourth-order valence-electron chi connectivity index (χ4n) is 3.22. The van der Waals surface area contributed by atoms with Crippen LogP contribution in [0.5, 0.6) is 0 Å². The minimum Gasteiger partial charge on any atom is -0.341 e. The summed E-state index contributed by atoms with van der Waals surface area (Å²) >= 11 is 6.11. The van der Waals surface area contributed by atoms with Crippen LogP contribution in [0.1, 0.15) is 39.5 Å². The summed E-state index contributed by atoms with van der Waals surface area (Å²) in [6, 6.07) is 0.462. The highest BCUT2D eigenvalue weighted by molar-refractivity contribution is 6.28. The van der Waals surface area contributed by atoms with E-state index in [2.05, 4.69) is 38.6 Å². The van der Waals surface area contributed by atoms with Crippen LogP contribution in [-0.2, 0) is 0 Å². The van der Waals surface area contributed by atoms with Crippen molar-refractivity contribution in [2.45, 2.75) is 45.6 Å². The average Bonchev–Trinajstić information content (AvgIpc) is 2.91. The van der Waals surface area contributed by atoms with Gasteiger partial charge in [0.2, 0.25) is 17.2 Å². The Labute approximate surface area is 125 Å². The zero-order valence-corrected chi connectivity index (χ0v) is 13.0. The largest absolute Gasteiger partial charge is 0.341 e. The van der Waals surface area contributed by atoms with Crippen molar-refractivity contribution in [1.82, 2.24) is 15.0 Å². The van der Waals surface area contributed by atoms with E-state index in [9.17, 15) is 0 Å². The van der Waals surface area contributed by atoms with Gasteiger partial charge in [0.05, 0.1) is 0 Å². The van der Waals surface area contributed by atoms with Gasteiger partial charge < -0.3 is 9.80 Å². The standard InChI is InChI=1S/C14H22ClN5/c1-10-5-8-20(11(2)9-10)14-17-12(15)16-13(18-14)19-6-3-4-7-19/h10-11H,3-9H2,1-2H3.